The van der Waals surface area contributed by atoms with Gasteiger partial charge in [-0.1, -0.05) is 0 Å². The van der Waals surface area contributed by atoms with Crippen LogP contribution < -0.4 is 5.32 Å². The maximum absolute atomic E-state index is 12.7. The van der Waals surface area contributed by atoms with Gasteiger partial charge < -0.3 is 10.2 Å². The molecule has 122 valence electrons. The van der Waals surface area contributed by atoms with Crippen LogP contribution in [0.1, 0.15) is 41.0 Å². The largest absolute Gasteiger partial charge is 0.353 e. The van der Waals surface area contributed by atoms with E-state index < -0.39 is 15.3 Å². The van der Waals surface area contributed by atoms with E-state index in [0.29, 0.717) is 13.0 Å². The summed E-state index contributed by atoms with van der Waals surface area (Å²) in [5, 5.41) is 2.75. The third-order valence-electron chi connectivity index (χ3n) is 3.77. The Morgan fingerprint density at radius 1 is 1.33 bits per heavy atom. The zero-order valence-electron chi connectivity index (χ0n) is 13.5. The van der Waals surface area contributed by atoms with E-state index in [9.17, 15) is 18.0 Å². The van der Waals surface area contributed by atoms with Crippen molar-refractivity contribution >= 4 is 21.7 Å². The fourth-order valence-corrected chi connectivity index (χ4v) is 4.22. The molecule has 1 aliphatic heterocycles. The third kappa shape index (κ3) is 4.18. The van der Waals surface area contributed by atoms with Gasteiger partial charge in [0.2, 0.25) is 11.8 Å². The first-order chi connectivity index (χ1) is 9.51. The molecule has 1 unspecified atom stereocenters. The zero-order valence-corrected chi connectivity index (χ0v) is 14.3. The Bertz CT molecular complexity index is 511. The van der Waals surface area contributed by atoms with Gasteiger partial charge in [-0.2, -0.15) is 0 Å². The summed E-state index contributed by atoms with van der Waals surface area (Å²) in [6, 6.07) is -0.370. The third-order valence-corrected chi connectivity index (χ3v) is 5.52. The van der Waals surface area contributed by atoms with Crippen molar-refractivity contribution < 1.29 is 18.0 Å². The molecule has 0 saturated carbocycles. The lowest BCUT2D eigenvalue weighted by molar-refractivity contribution is -0.150. The van der Waals surface area contributed by atoms with Crippen LogP contribution in [0.3, 0.4) is 0 Å². The van der Waals surface area contributed by atoms with E-state index in [1.165, 1.54) is 4.90 Å². The Labute approximate surface area is 127 Å². The van der Waals surface area contributed by atoms with Gasteiger partial charge in [-0.3, -0.25) is 9.59 Å². The zero-order chi connectivity index (χ0) is 16.4. The van der Waals surface area contributed by atoms with Gasteiger partial charge in [0.1, 0.15) is 5.41 Å². The summed E-state index contributed by atoms with van der Waals surface area (Å²) in [5.41, 5.74) is -1.20. The van der Waals surface area contributed by atoms with Crippen LogP contribution in [0.2, 0.25) is 0 Å². The molecule has 0 aliphatic carbocycles. The van der Waals surface area contributed by atoms with Crippen molar-refractivity contribution in [2.24, 2.45) is 5.41 Å². The van der Waals surface area contributed by atoms with Crippen LogP contribution in [-0.4, -0.2) is 55.3 Å². The average Bonchev–Trinajstić information content (AvgIpc) is 2.69. The van der Waals surface area contributed by atoms with Crippen molar-refractivity contribution in [3.05, 3.63) is 0 Å². The van der Waals surface area contributed by atoms with Crippen LogP contribution in [0.5, 0.6) is 0 Å². The predicted molar refractivity (Wildman–Crippen MR) is 81.5 cm³/mol. The molecule has 7 heteroatoms. The Kier molecular flexibility index (Phi) is 5.41. The summed E-state index contributed by atoms with van der Waals surface area (Å²) in [6.07, 6.45) is 0.448. The van der Waals surface area contributed by atoms with Crippen LogP contribution in [0.15, 0.2) is 0 Å². The molecule has 2 amide bonds. The molecule has 0 bridgehead atoms. The molecule has 1 saturated heterocycles. The van der Waals surface area contributed by atoms with Gasteiger partial charge in [-0.15, -0.1) is 0 Å². The minimum absolute atomic E-state index is 0.00550. The van der Waals surface area contributed by atoms with E-state index in [-0.39, 0.29) is 35.4 Å². The van der Waals surface area contributed by atoms with Crippen molar-refractivity contribution in [2.45, 2.75) is 53.1 Å². The van der Waals surface area contributed by atoms with Gasteiger partial charge in [0.15, 0.2) is 9.84 Å². The van der Waals surface area contributed by atoms with Crippen molar-refractivity contribution in [1.29, 1.82) is 0 Å². The van der Waals surface area contributed by atoms with E-state index in [0.717, 1.165) is 0 Å². The number of rotatable bonds is 5. The van der Waals surface area contributed by atoms with Crippen LogP contribution >= 0.6 is 0 Å². The highest BCUT2D eigenvalue weighted by Crippen LogP contribution is 2.25. The first-order valence-electron chi connectivity index (χ1n) is 7.33. The molecule has 0 aromatic carbocycles. The van der Waals surface area contributed by atoms with Gasteiger partial charge in [-0.25, -0.2) is 8.42 Å². The van der Waals surface area contributed by atoms with E-state index in [1.54, 1.807) is 20.8 Å². The first-order valence-corrected chi connectivity index (χ1v) is 9.16. The van der Waals surface area contributed by atoms with E-state index in [1.807, 2.05) is 13.8 Å². The molecule has 1 N–H and O–H groups in total. The van der Waals surface area contributed by atoms with Crippen molar-refractivity contribution in [2.75, 3.05) is 18.1 Å². The maximum Gasteiger partial charge on any atom is 0.237 e. The lowest BCUT2D eigenvalue weighted by Crippen LogP contribution is -2.53. The van der Waals surface area contributed by atoms with Gasteiger partial charge in [0.05, 0.1) is 11.5 Å². The molecule has 6 nitrogen and oxygen atoms in total. The minimum atomic E-state index is -3.06. The van der Waals surface area contributed by atoms with Crippen molar-refractivity contribution in [3.63, 3.8) is 0 Å². The highest BCUT2D eigenvalue weighted by molar-refractivity contribution is 7.91. The van der Waals surface area contributed by atoms with Crippen molar-refractivity contribution in [3.8, 4) is 0 Å². The van der Waals surface area contributed by atoms with E-state index >= 15 is 0 Å². The number of sulfone groups is 1. The standard InChI is InChI=1S/C14H26N2O4S/c1-6-16(11-7-8-21(19,20)9-11)13(18)14(4,5)12(17)15-10(2)3/h10-11H,6-9H2,1-5H3,(H,15,17). The highest BCUT2D eigenvalue weighted by Gasteiger charge is 2.43. The number of amides is 2. The van der Waals surface area contributed by atoms with Crippen LogP contribution in [0.4, 0.5) is 0 Å². The second-order valence-electron chi connectivity index (χ2n) is 6.40. The van der Waals surface area contributed by atoms with Gasteiger partial charge in [0, 0.05) is 18.6 Å². The lowest BCUT2D eigenvalue weighted by Gasteiger charge is -2.34. The average molecular weight is 318 g/mol. The van der Waals surface area contributed by atoms with E-state index in [4.69, 9.17) is 0 Å². The second kappa shape index (κ2) is 6.34. The number of carbonyl (C=O) groups is 2. The number of nitrogens with zero attached hydrogens (tertiary/aromatic N) is 1. The number of hydrogen-bond acceptors (Lipinski definition) is 4. The molecule has 1 heterocycles. The number of hydrogen-bond donors (Lipinski definition) is 1. The molecule has 1 rings (SSSR count). The highest BCUT2D eigenvalue weighted by atomic mass is 32.2. The number of carbonyl (C=O) groups excluding carboxylic acids is 2. The summed E-state index contributed by atoms with van der Waals surface area (Å²) in [4.78, 5) is 26.4. The smallest absolute Gasteiger partial charge is 0.237 e. The summed E-state index contributed by atoms with van der Waals surface area (Å²) in [5.74, 6) is -0.541. The normalized spacial score (nSPS) is 21.3. The lowest BCUT2D eigenvalue weighted by atomic mass is 9.89. The van der Waals surface area contributed by atoms with Crippen molar-refractivity contribution in [1.82, 2.24) is 10.2 Å². The molecule has 0 aromatic heterocycles. The molecule has 0 aromatic rings. The number of nitrogens with one attached hydrogen (secondary N) is 1. The topological polar surface area (TPSA) is 83.6 Å². The summed E-state index contributed by atoms with van der Waals surface area (Å²) in [6.45, 7) is 9.04. The quantitative estimate of drug-likeness (QED) is 0.751. The molecule has 0 spiro atoms. The molecule has 0 radical (unpaired) electrons. The SMILES string of the molecule is CCN(C(=O)C(C)(C)C(=O)NC(C)C)C1CCS(=O)(=O)C1. The monoisotopic (exact) mass is 318 g/mol. The second-order valence-corrected chi connectivity index (χ2v) is 8.63. The maximum atomic E-state index is 12.7. The Morgan fingerprint density at radius 2 is 1.90 bits per heavy atom. The fraction of sp³-hybridized carbons (Fsp3) is 0.857. The summed E-state index contributed by atoms with van der Waals surface area (Å²) < 4.78 is 23.2. The van der Waals surface area contributed by atoms with Gasteiger partial charge >= 0.3 is 0 Å². The predicted octanol–water partition coefficient (Wildman–Crippen LogP) is 0.573. The van der Waals surface area contributed by atoms with Crippen LogP contribution in [-0.2, 0) is 19.4 Å². The minimum Gasteiger partial charge on any atom is -0.353 e. The summed E-state index contributed by atoms with van der Waals surface area (Å²) >= 11 is 0. The van der Waals surface area contributed by atoms with Crippen LogP contribution in [0, 0.1) is 5.41 Å². The molecule has 1 atom stereocenters. The Balaban J connectivity index is 2.90. The Hall–Kier alpha value is -1.11. The molecular weight excluding hydrogens is 292 g/mol. The van der Waals surface area contributed by atoms with E-state index in [2.05, 4.69) is 5.32 Å². The molecule has 1 aliphatic rings. The fourth-order valence-electron chi connectivity index (χ4n) is 2.49. The molecule has 1 fully saturated rings. The Morgan fingerprint density at radius 3 is 2.29 bits per heavy atom. The summed E-state index contributed by atoms with van der Waals surface area (Å²) in [7, 11) is -3.06. The van der Waals surface area contributed by atoms with Crippen LogP contribution in [0.25, 0.3) is 0 Å². The van der Waals surface area contributed by atoms with Gasteiger partial charge in [-0.05, 0) is 41.0 Å². The first kappa shape index (κ1) is 17.9. The molecule has 21 heavy (non-hydrogen) atoms. The molecular formula is C14H26N2O4S. The van der Waals surface area contributed by atoms with Gasteiger partial charge in [0.25, 0.3) is 0 Å².